The quantitative estimate of drug-likeness (QED) is 0.630. The van der Waals surface area contributed by atoms with Crippen LogP contribution in [0.5, 0.6) is 0 Å². The molecule has 0 atom stereocenters. The Bertz CT molecular complexity index is 738. The molecule has 3 amide bonds. The van der Waals surface area contributed by atoms with Crippen LogP contribution in [0.3, 0.4) is 0 Å². The Kier molecular flexibility index (Phi) is 3.46. The van der Waals surface area contributed by atoms with Gasteiger partial charge in [-0.1, -0.05) is 24.3 Å². The van der Waals surface area contributed by atoms with Crippen LogP contribution in [0.4, 0.5) is 0 Å². The van der Waals surface area contributed by atoms with Crippen molar-refractivity contribution in [2.75, 3.05) is 0 Å². The van der Waals surface area contributed by atoms with E-state index in [1.807, 2.05) is 22.6 Å². The average molecular weight is 392 g/mol. The van der Waals surface area contributed by atoms with Crippen LogP contribution < -0.4 is 5.43 Å². The second-order valence-electron chi connectivity index (χ2n) is 4.41. The van der Waals surface area contributed by atoms with Crippen molar-refractivity contribution in [3.05, 3.63) is 68.8 Å². The number of rotatable bonds is 2. The molecular formula is C15H9IN2O3. The zero-order chi connectivity index (χ0) is 15.0. The Labute approximate surface area is 134 Å². The first kappa shape index (κ1) is 13.7. The van der Waals surface area contributed by atoms with Crippen molar-refractivity contribution in [3.63, 3.8) is 0 Å². The van der Waals surface area contributed by atoms with Crippen LogP contribution in [-0.4, -0.2) is 22.7 Å². The summed E-state index contributed by atoms with van der Waals surface area (Å²) in [6.45, 7) is 0. The highest BCUT2D eigenvalue weighted by molar-refractivity contribution is 14.1. The van der Waals surface area contributed by atoms with Gasteiger partial charge in [0, 0.05) is 3.57 Å². The van der Waals surface area contributed by atoms with Crippen LogP contribution in [0.15, 0.2) is 48.5 Å². The second-order valence-corrected chi connectivity index (χ2v) is 5.57. The van der Waals surface area contributed by atoms with E-state index in [1.165, 1.54) is 0 Å². The van der Waals surface area contributed by atoms with E-state index in [9.17, 15) is 14.4 Å². The minimum Gasteiger partial charge on any atom is -0.267 e. The molecule has 1 heterocycles. The van der Waals surface area contributed by atoms with Gasteiger partial charge in [-0.2, -0.15) is 5.01 Å². The molecule has 0 spiro atoms. The van der Waals surface area contributed by atoms with Crippen LogP contribution in [-0.2, 0) is 0 Å². The molecule has 0 bridgehead atoms. The van der Waals surface area contributed by atoms with Gasteiger partial charge in [-0.3, -0.25) is 19.8 Å². The predicted octanol–water partition coefficient (Wildman–Crippen LogP) is 2.23. The van der Waals surface area contributed by atoms with Crippen LogP contribution in [0, 0.1) is 3.57 Å². The highest BCUT2D eigenvalue weighted by Gasteiger charge is 2.36. The van der Waals surface area contributed by atoms with Crippen LogP contribution >= 0.6 is 22.6 Å². The number of amides is 3. The molecule has 104 valence electrons. The molecule has 0 aliphatic carbocycles. The number of carbonyl (C=O) groups is 3. The first-order valence-corrected chi connectivity index (χ1v) is 7.21. The van der Waals surface area contributed by atoms with Gasteiger partial charge in [0.2, 0.25) is 0 Å². The summed E-state index contributed by atoms with van der Waals surface area (Å²) in [5.74, 6) is -1.53. The van der Waals surface area contributed by atoms with Crippen LogP contribution in [0.25, 0.3) is 0 Å². The van der Waals surface area contributed by atoms with Gasteiger partial charge in [-0.15, -0.1) is 0 Å². The SMILES string of the molecule is O=C(NN1C(=O)c2ccccc2C1=O)c1ccccc1I. The number of hydrogen-bond acceptors (Lipinski definition) is 3. The topological polar surface area (TPSA) is 66.5 Å². The second kappa shape index (κ2) is 5.28. The molecule has 21 heavy (non-hydrogen) atoms. The van der Waals surface area contributed by atoms with Crippen molar-refractivity contribution >= 4 is 40.3 Å². The summed E-state index contributed by atoms with van der Waals surface area (Å²) in [6.07, 6.45) is 0. The monoisotopic (exact) mass is 392 g/mol. The van der Waals surface area contributed by atoms with Gasteiger partial charge >= 0.3 is 0 Å². The van der Waals surface area contributed by atoms with Crippen molar-refractivity contribution in [2.45, 2.75) is 0 Å². The van der Waals surface area contributed by atoms with E-state index in [-0.39, 0.29) is 0 Å². The Morgan fingerprint density at radius 3 is 2.00 bits per heavy atom. The number of hydrazine groups is 1. The van der Waals surface area contributed by atoms with Crippen molar-refractivity contribution in [2.24, 2.45) is 0 Å². The maximum atomic E-state index is 12.2. The van der Waals surface area contributed by atoms with Crippen molar-refractivity contribution < 1.29 is 14.4 Å². The fourth-order valence-corrected chi connectivity index (χ4v) is 2.73. The zero-order valence-electron chi connectivity index (χ0n) is 10.7. The highest BCUT2D eigenvalue weighted by atomic mass is 127. The molecule has 0 aromatic heterocycles. The third-order valence-corrected chi connectivity index (χ3v) is 4.07. The van der Waals surface area contributed by atoms with Crippen molar-refractivity contribution in [1.29, 1.82) is 0 Å². The number of imide groups is 1. The summed E-state index contributed by atoms with van der Waals surface area (Å²) >= 11 is 2.02. The number of fused-ring (bicyclic) bond motifs is 1. The lowest BCUT2D eigenvalue weighted by atomic mass is 10.1. The molecule has 0 fully saturated rings. The molecule has 2 aromatic rings. The molecular weight excluding hydrogens is 383 g/mol. The summed E-state index contributed by atoms with van der Waals surface area (Å²) in [4.78, 5) is 36.5. The first-order chi connectivity index (χ1) is 10.1. The lowest BCUT2D eigenvalue weighted by Crippen LogP contribution is -2.46. The molecule has 0 unspecified atom stereocenters. The van der Waals surface area contributed by atoms with E-state index < -0.39 is 17.7 Å². The van der Waals surface area contributed by atoms with Crippen LogP contribution in [0.1, 0.15) is 31.1 Å². The lowest BCUT2D eigenvalue weighted by Gasteiger charge is -2.15. The highest BCUT2D eigenvalue weighted by Crippen LogP contribution is 2.21. The fraction of sp³-hybridized carbons (Fsp3) is 0. The third kappa shape index (κ3) is 2.31. The van der Waals surface area contributed by atoms with Gasteiger partial charge in [0.25, 0.3) is 17.7 Å². The smallest absolute Gasteiger partial charge is 0.267 e. The molecule has 5 nitrogen and oxygen atoms in total. The molecule has 3 rings (SSSR count). The molecule has 6 heteroatoms. The number of nitrogens with one attached hydrogen (secondary N) is 1. The van der Waals surface area contributed by atoms with Gasteiger partial charge in [0.15, 0.2) is 0 Å². The Balaban J connectivity index is 1.88. The average Bonchev–Trinajstić information content (AvgIpc) is 2.73. The maximum Gasteiger partial charge on any atom is 0.280 e. The van der Waals surface area contributed by atoms with Crippen LogP contribution in [0.2, 0.25) is 0 Å². The lowest BCUT2D eigenvalue weighted by molar-refractivity contribution is 0.0518. The van der Waals surface area contributed by atoms with E-state index in [0.717, 1.165) is 8.58 Å². The minimum atomic E-state index is -0.519. The van der Waals surface area contributed by atoms with E-state index in [4.69, 9.17) is 0 Å². The Morgan fingerprint density at radius 1 is 0.905 bits per heavy atom. The zero-order valence-corrected chi connectivity index (χ0v) is 12.8. The summed E-state index contributed by atoms with van der Waals surface area (Å²) in [5, 5.41) is 0.760. The predicted molar refractivity (Wildman–Crippen MR) is 83.6 cm³/mol. The summed E-state index contributed by atoms with van der Waals surface area (Å²) in [5.41, 5.74) is 3.38. The van der Waals surface area contributed by atoms with Gasteiger partial charge in [0.05, 0.1) is 16.7 Å². The minimum absolute atomic E-state index is 0.297. The summed E-state index contributed by atoms with van der Waals surface area (Å²) < 4.78 is 0.740. The fourth-order valence-electron chi connectivity index (χ4n) is 2.10. The molecule has 2 aromatic carbocycles. The molecule has 0 saturated carbocycles. The van der Waals surface area contributed by atoms with E-state index in [1.54, 1.807) is 48.5 Å². The third-order valence-electron chi connectivity index (χ3n) is 3.13. The van der Waals surface area contributed by atoms with E-state index >= 15 is 0 Å². The van der Waals surface area contributed by atoms with Gasteiger partial charge < -0.3 is 0 Å². The normalized spacial score (nSPS) is 13.3. The maximum absolute atomic E-state index is 12.2. The molecule has 0 radical (unpaired) electrons. The number of carbonyl (C=O) groups excluding carboxylic acids is 3. The first-order valence-electron chi connectivity index (χ1n) is 6.13. The van der Waals surface area contributed by atoms with E-state index in [0.29, 0.717) is 16.7 Å². The largest absolute Gasteiger partial charge is 0.280 e. The van der Waals surface area contributed by atoms with Crippen molar-refractivity contribution in [1.82, 2.24) is 10.4 Å². The van der Waals surface area contributed by atoms with Crippen molar-refractivity contribution in [3.8, 4) is 0 Å². The number of nitrogens with zero attached hydrogens (tertiary/aromatic N) is 1. The number of halogens is 1. The standard InChI is InChI=1S/C15H9IN2O3/c16-12-8-4-3-7-11(12)13(19)17-18-14(20)9-5-1-2-6-10(9)15(18)21/h1-8H,(H,17,19). The van der Waals surface area contributed by atoms with Gasteiger partial charge in [-0.25, -0.2) is 0 Å². The number of hydrogen-bond donors (Lipinski definition) is 1. The molecule has 1 aliphatic rings. The van der Waals surface area contributed by atoms with Gasteiger partial charge in [-0.05, 0) is 46.9 Å². The Morgan fingerprint density at radius 2 is 1.43 bits per heavy atom. The summed E-state index contributed by atoms with van der Waals surface area (Å²) in [7, 11) is 0. The van der Waals surface area contributed by atoms with E-state index in [2.05, 4.69) is 5.43 Å². The van der Waals surface area contributed by atoms with Gasteiger partial charge in [0.1, 0.15) is 0 Å². The molecule has 1 N–H and O–H groups in total. The summed E-state index contributed by atoms with van der Waals surface area (Å²) in [6, 6.07) is 13.4. The Hall–Kier alpha value is -2.22. The number of benzene rings is 2. The molecule has 1 aliphatic heterocycles. The molecule has 0 saturated heterocycles.